The number of halogens is 4. The molecule has 1 aromatic carbocycles. The van der Waals surface area contributed by atoms with Gasteiger partial charge in [0.05, 0.1) is 24.8 Å². The molecule has 1 aliphatic carbocycles. The SMILES string of the molecule is CC(C)(O)Cn1cc(Cc2ncc(-c3ccc(CC(=O)Nc4cc(C5(C(F)(F)F)CC5)on4)c(F)c3)cn2)cn1. The summed E-state index contributed by atoms with van der Waals surface area (Å²) in [5, 5.41) is 20.0. The normalized spacial score (nSPS) is 14.8. The van der Waals surface area contributed by atoms with E-state index in [2.05, 4.69) is 25.5 Å². The number of benzene rings is 1. The second kappa shape index (κ2) is 10.1. The largest absolute Gasteiger partial charge is 0.401 e. The maximum Gasteiger partial charge on any atom is 0.401 e. The van der Waals surface area contributed by atoms with Crippen LogP contribution < -0.4 is 5.32 Å². The average Bonchev–Trinajstić information content (AvgIpc) is 3.39. The highest BCUT2D eigenvalue weighted by atomic mass is 19.4. The Balaban J connectivity index is 1.19. The summed E-state index contributed by atoms with van der Waals surface area (Å²) in [7, 11) is 0. The van der Waals surface area contributed by atoms with Crippen LogP contribution >= 0.6 is 0 Å². The molecule has 9 nitrogen and oxygen atoms in total. The second-order valence-electron chi connectivity index (χ2n) is 10.6. The Morgan fingerprint density at radius 2 is 1.85 bits per heavy atom. The summed E-state index contributed by atoms with van der Waals surface area (Å²) >= 11 is 0. The van der Waals surface area contributed by atoms with E-state index in [0.717, 1.165) is 11.6 Å². The number of hydrogen-bond donors (Lipinski definition) is 2. The van der Waals surface area contributed by atoms with Crippen LogP contribution in [0.4, 0.5) is 23.4 Å². The van der Waals surface area contributed by atoms with E-state index < -0.39 is 28.9 Å². The number of aromatic nitrogens is 5. The molecule has 1 fully saturated rings. The van der Waals surface area contributed by atoms with Gasteiger partial charge in [0.1, 0.15) is 17.1 Å². The van der Waals surface area contributed by atoms with Gasteiger partial charge < -0.3 is 14.9 Å². The first-order chi connectivity index (χ1) is 18.8. The lowest BCUT2D eigenvalue weighted by atomic mass is 10.0. The number of carbonyl (C=O) groups excluding carboxylic acids is 1. The summed E-state index contributed by atoms with van der Waals surface area (Å²) in [5.74, 6) is -1.25. The number of nitrogens with zero attached hydrogens (tertiary/aromatic N) is 5. The highest BCUT2D eigenvalue weighted by Gasteiger charge is 2.66. The molecule has 0 saturated heterocycles. The standard InChI is InChI=1S/C27H26F4N6O3/c1-25(2,39)15-37-14-16(11-34-37)7-22-32-12-19(13-33-22)17-3-4-18(20(28)8-17)9-24(38)35-23-10-21(40-36-23)26(5-6-26)27(29,30)31/h3-4,8,10-14,39H,5-7,9,15H2,1-2H3,(H,35,36,38). The smallest absolute Gasteiger partial charge is 0.389 e. The summed E-state index contributed by atoms with van der Waals surface area (Å²) in [6.07, 6.45) is 2.05. The predicted octanol–water partition coefficient (Wildman–Crippen LogP) is 4.60. The highest BCUT2D eigenvalue weighted by molar-refractivity contribution is 5.91. The number of anilines is 1. The first kappa shape index (κ1) is 27.4. The summed E-state index contributed by atoms with van der Waals surface area (Å²) < 4.78 is 61.1. The lowest BCUT2D eigenvalue weighted by molar-refractivity contribution is -0.165. The van der Waals surface area contributed by atoms with Gasteiger partial charge in [-0.3, -0.25) is 9.48 Å². The minimum absolute atomic E-state index is 0.0968. The van der Waals surface area contributed by atoms with E-state index in [1.807, 2.05) is 6.20 Å². The topological polar surface area (TPSA) is 119 Å². The minimum Gasteiger partial charge on any atom is -0.389 e. The van der Waals surface area contributed by atoms with E-state index in [0.29, 0.717) is 29.9 Å². The van der Waals surface area contributed by atoms with Crippen molar-refractivity contribution in [3.63, 3.8) is 0 Å². The van der Waals surface area contributed by atoms with Crippen molar-refractivity contribution < 1.29 is 32.0 Å². The van der Waals surface area contributed by atoms with Crippen molar-refractivity contribution in [2.45, 2.75) is 63.3 Å². The molecule has 0 unspecified atom stereocenters. The van der Waals surface area contributed by atoms with E-state index in [9.17, 15) is 27.5 Å². The fraction of sp³-hybridized carbons (Fsp3) is 0.370. The van der Waals surface area contributed by atoms with Gasteiger partial charge in [-0.1, -0.05) is 17.3 Å². The molecule has 1 amide bonds. The molecular formula is C27H26F4N6O3. The van der Waals surface area contributed by atoms with Crippen LogP contribution in [-0.4, -0.2) is 47.7 Å². The van der Waals surface area contributed by atoms with Gasteiger partial charge in [0.15, 0.2) is 11.6 Å². The van der Waals surface area contributed by atoms with Crippen molar-refractivity contribution in [1.82, 2.24) is 24.9 Å². The summed E-state index contributed by atoms with van der Waals surface area (Å²) in [4.78, 5) is 21.1. The third-order valence-corrected chi connectivity index (χ3v) is 6.58. The molecule has 0 atom stereocenters. The van der Waals surface area contributed by atoms with E-state index in [1.54, 1.807) is 43.2 Å². The Morgan fingerprint density at radius 1 is 1.12 bits per heavy atom. The van der Waals surface area contributed by atoms with Gasteiger partial charge in [0.2, 0.25) is 5.91 Å². The van der Waals surface area contributed by atoms with Crippen molar-refractivity contribution in [1.29, 1.82) is 0 Å². The Hall–Kier alpha value is -4.13. The summed E-state index contributed by atoms with van der Waals surface area (Å²) in [6.45, 7) is 3.74. The lowest BCUT2D eigenvalue weighted by Crippen LogP contribution is -2.28. The molecule has 0 spiro atoms. The molecule has 3 heterocycles. The van der Waals surface area contributed by atoms with Crippen LogP contribution in [0, 0.1) is 5.82 Å². The van der Waals surface area contributed by atoms with Crippen LogP contribution in [0.15, 0.2) is 53.6 Å². The molecule has 0 bridgehead atoms. The van der Waals surface area contributed by atoms with Gasteiger partial charge in [-0.25, -0.2) is 14.4 Å². The Morgan fingerprint density at radius 3 is 2.48 bits per heavy atom. The van der Waals surface area contributed by atoms with E-state index in [1.165, 1.54) is 12.1 Å². The molecule has 3 aromatic heterocycles. The molecule has 13 heteroatoms. The fourth-order valence-electron chi connectivity index (χ4n) is 4.34. The van der Waals surface area contributed by atoms with Crippen molar-refractivity contribution in [2.75, 3.05) is 5.32 Å². The van der Waals surface area contributed by atoms with Gasteiger partial charge in [0.25, 0.3) is 0 Å². The Bertz CT molecular complexity index is 1520. The van der Waals surface area contributed by atoms with Crippen LogP contribution in [0.2, 0.25) is 0 Å². The van der Waals surface area contributed by atoms with E-state index in [-0.39, 0.29) is 36.4 Å². The van der Waals surface area contributed by atoms with Crippen molar-refractivity contribution in [2.24, 2.45) is 0 Å². The number of hydrogen-bond acceptors (Lipinski definition) is 7. The number of carbonyl (C=O) groups is 1. The lowest BCUT2D eigenvalue weighted by Gasteiger charge is -2.16. The zero-order chi connectivity index (χ0) is 28.7. The highest BCUT2D eigenvalue weighted by Crippen LogP contribution is 2.59. The van der Waals surface area contributed by atoms with Crippen molar-refractivity contribution >= 4 is 11.7 Å². The van der Waals surface area contributed by atoms with E-state index >= 15 is 0 Å². The van der Waals surface area contributed by atoms with Gasteiger partial charge in [-0.05, 0) is 49.4 Å². The van der Waals surface area contributed by atoms with Gasteiger partial charge in [0, 0.05) is 36.6 Å². The molecule has 1 aliphatic rings. The third kappa shape index (κ3) is 6.03. The van der Waals surface area contributed by atoms with Gasteiger partial charge >= 0.3 is 6.18 Å². The van der Waals surface area contributed by atoms with Crippen molar-refractivity contribution in [3.8, 4) is 11.1 Å². The first-order valence-electron chi connectivity index (χ1n) is 12.5. The zero-order valence-electron chi connectivity index (χ0n) is 21.7. The number of rotatable bonds is 9. The number of amides is 1. The monoisotopic (exact) mass is 558 g/mol. The molecule has 0 aliphatic heterocycles. The van der Waals surface area contributed by atoms with Gasteiger partial charge in [-0.15, -0.1) is 0 Å². The van der Waals surface area contributed by atoms with Crippen LogP contribution in [0.3, 0.4) is 0 Å². The van der Waals surface area contributed by atoms with Crippen LogP contribution in [0.5, 0.6) is 0 Å². The first-order valence-corrected chi connectivity index (χ1v) is 12.5. The van der Waals surface area contributed by atoms with E-state index in [4.69, 9.17) is 4.52 Å². The minimum atomic E-state index is -4.47. The molecule has 4 aromatic rings. The van der Waals surface area contributed by atoms with Crippen molar-refractivity contribution in [3.05, 3.63) is 77.6 Å². The third-order valence-electron chi connectivity index (χ3n) is 6.58. The molecule has 1 saturated carbocycles. The fourth-order valence-corrected chi connectivity index (χ4v) is 4.34. The van der Waals surface area contributed by atoms with Crippen LogP contribution in [-0.2, 0) is 29.6 Å². The second-order valence-corrected chi connectivity index (χ2v) is 10.6. The molecule has 210 valence electrons. The molecule has 0 radical (unpaired) electrons. The summed E-state index contributed by atoms with van der Waals surface area (Å²) in [5.41, 5.74) is -0.886. The molecular weight excluding hydrogens is 532 g/mol. The molecule has 40 heavy (non-hydrogen) atoms. The quantitative estimate of drug-likeness (QED) is 0.288. The Kier molecular flexibility index (Phi) is 6.94. The van der Waals surface area contributed by atoms with Crippen LogP contribution in [0.1, 0.15) is 49.4 Å². The maximum atomic E-state index is 14.8. The van der Waals surface area contributed by atoms with Gasteiger partial charge in [-0.2, -0.15) is 18.3 Å². The maximum absolute atomic E-state index is 14.8. The Labute approximate surface area is 226 Å². The molecule has 2 N–H and O–H groups in total. The average molecular weight is 559 g/mol. The number of alkyl halides is 3. The number of aliphatic hydroxyl groups is 1. The number of nitrogens with one attached hydrogen (secondary N) is 1. The summed E-state index contributed by atoms with van der Waals surface area (Å²) in [6, 6.07) is 5.39. The predicted molar refractivity (Wildman–Crippen MR) is 135 cm³/mol. The van der Waals surface area contributed by atoms with Crippen LogP contribution in [0.25, 0.3) is 11.1 Å². The zero-order valence-corrected chi connectivity index (χ0v) is 21.7. The molecule has 5 rings (SSSR count).